The average Bonchev–Trinajstić information content (AvgIpc) is 3.23. The van der Waals surface area contributed by atoms with E-state index in [1.54, 1.807) is 18.2 Å². The fraction of sp³-hybridized carbons (Fsp3) is 0.304. The molecule has 0 radical (unpaired) electrons. The van der Waals surface area contributed by atoms with Crippen LogP contribution in [0, 0.1) is 11.6 Å². The molecule has 2 unspecified atom stereocenters. The van der Waals surface area contributed by atoms with Gasteiger partial charge in [-0.3, -0.25) is 0 Å². The summed E-state index contributed by atoms with van der Waals surface area (Å²) in [6.07, 6.45) is 3.43. The quantitative estimate of drug-likeness (QED) is 0.538. The van der Waals surface area contributed by atoms with Crippen LogP contribution in [0.25, 0.3) is 5.70 Å². The number of nitrogens with one attached hydrogen (secondary N) is 1. The van der Waals surface area contributed by atoms with Gasteiger partial charge in [0.05, 0.1) is 38.1 Å². The minimum atomic E-state index is -0.851. The molecular weight excluding hydrogens is 448 g/mol. The van der Waals surface area contributed by atoms with Gasteiger partial charge in [0.2, 0.25) is 5.88 Å². The Kier molecular flexibility index (Phi) is 6.44. The number of pyridine rings is 1. The number of hydrogen-bond donors (Lipinski definition) is 3. The molecule has 5 N–H and O–H groups in total. The molecule has 34 heavy (non-hydrogen) atoms. The zero-order valence-electron chi connectivity index (χ0n) is 18.7. The van der Waals surface area contributed by atoms with E-state index >= 15 is 0 Å². The molecule has 0 amide bonds. The topological polar surface area (TPSA) is 125 Å². The number of benzene rings is 1. The molecular formula is C23H25F2N5O4. The lowest BCUT2D eigenvalue weighted by molar-refractivity contribution is 0.0600. The van der Waals surface area contributed by atoms with Crippen LogP contribution in [-0.2, 0) is 4.74 Å². The second kappa shape index (κ2) is 9.46. The zero-order valence-corrected chi connectivity index (χ0v) is 18.7. The van der Waals surface area contributed by atoms with Crippen molar-refractivity contribution in [1.82, 2.24) is 15.2 Å². The fourth-order valence-electron chi connectivity index (χ4n) is 4.15. The third-order valence-electron chi connectivity index (χ3n) is 5.75. The first-order valence-corrected chi connectivity index (χ1v) is 10.5. The standard InChI is InChI=1S/C23H25F2N5O4/c1-32-21-16(5-13(24)6-17(21)25)18(26)8-19-22(27)29-10-14-7-15(11-30(14)19)34-20-4-3-12(9-28-20)23(31)33-2/h3-6,8-9,14-15,29H,7,10-11,26-27H2,1-2H3/b18-8-. The summed E-state index contributed by atoms with van der Waals surface area (Å²) < 4.78 is 43.7. The second-order valence-electron chi connectivity index (χ2n) is 7.91. The van der Waals surface area contributed by atoms with E-state index in [4.69, 9.17) is 20.9 Å². The number of nitrogens with two attached hydrogens (primary N) is 2. The van der Waals surface area contributed by atoms with Gasteiger partial charge in [-0.05, 0) is 18.2 Å². The Morgan fingerprint density at radius 1 is 1.29 bits per heavy atom. The highest BCUT2D eigenvalue weighted by Crippen LogP contribution is 2.32. The number of rotatable bonds is 6. The summed E-state index contributed by atoms with van der Waals surface area (Å²) in [5.74, 6) is -1.50. The highest BCUT2D eigenvalue weighted by Gasteiger charge is 2.37. The molecule has 3 heterocycles. The number of nitrogens with zero attached hydrogens (tertiary/aromatic N) is 2. The Morgan fingerprint density at radius 3 is 2.76 bits per heavy atom. The lowest BCUT2D eigenvalue weighted by Gasteiger charge is -2.34. The van der Waals surface area contributed by atoms with Crippen LogP contribution in [0.15, 0.2) is 48.1 Å². The van der Waals surface area contributed by atoms with Gasteiger partial charge < -0.3 is 35.9 Å². The first kappa shape index (κ1) is 23.1. The van der Waals surface area contributed by atoms with Gasteiger partial charge in [0, 0.05) is 42.6 Å². The third-order valence-corrected chi connectivity index (χ3v) is 5.75. The minimum Gasteiger partial charge on any atom is -0.493 e. The van der Waals surface area contributed by atoms with Gasteiger partial charge in [-0.15, -0.1) is 0 Å². The van der Waals surface area contributed by atoms with E-state index in [0.29, 0.717) is 42.5 Å². The van der Waals surface area contributed by atoms with E-state index in [9.17, 15) is 13.6 Å². The first-order chi connectivity index (χ1) is 16.3. The number of hydrogen-bond acceptors (Lipinski definition) is 9. The number of fused-ring (bicyclic) bond motifs is 1. The molecule has 2 aromatic rings. The zero-order chi connectivity index (χ0) is 24.4. The van der Waals surface area contributed by atoms with Crippen LogP contribution in [0.5, 0.6) is 11.6 Å². The summed E-state index contributed by atoms with van der Waals surface area (Å²) in [6.45, 7) is 1.08. The van der Waals surface area contributed by atoms with Crippen molar-refractivity contribution in [3.05, 3.63) is 70.8 Å². The van der Waals surface area contributed by atoms with Crippen molar-refractivity contribution < 1.29 is 27.8 Å². The summed E-state index contributed by atoms with van der Waals surface area (Å²) in [7, 11) is 2.58. The van der Waals surface area contributed by atoms with Gasteiger partial charge in [-0.25, -0.2) is 18.6 Å². The molecule has 1 fully saturated rings. The van der Waals surface area contributed by atoms with Crippen LogP contribution in [0.1, 0.15) is 22.3 Å². The van der Waals surface area contributed by atoms with Crippen LogP contribution >= 0.6 is 0 Å². The Hall–Kier alpha value is -4.02. The number of esters is 1. The molecule has 11 heteroatoms. The molecule has 0 spiro atoms. The molecule has 4 rings (SSSR count). The van der Waals surface area contributed by atoms with E-state index < -0.39 is 17.6 Å². The van der Waals surface area contributed by atoms with Crippen molar-refractivity contribution in [3.8, 4) is 11.6 Å². The lowest BCUT2D eigenvalue weighted by atomic mass is 10.1. The van der Waals surface area contributed by atoms with Crippen molar-refractivity contribution in [2.45, 2.75) is 18.6 Å². The summed E-state index contributed by atoms with van der Waals surface area (Å²) in [5, 5.41) is 3.14. The molecule has 9 nitrogen and oxygen atoms in total. The number of methoxy groups -OCH3 is 2. The number of allylic oxidation sites excluding steroid dienone is 1. The SMILES string of the molecule is COC(=O)c1ccc(OC2CC3CNC(N)=C(/C=C(\N)c4cc(F)cc(F)c4OC)N3C2)nc1. The van der Waals surface area contributed by atoms with E-state index in [-0.39, 0.29) is 29.2 Å². The molecule has 1 saturated heterocycles. The lowest BCUT2D eigenvalue weighted by Crippen LogP contribution is -2.45. The van der Waals surface area contributed by atoms with Crippen molar-refractivity contribution in [2.24, 2.45) is 11.5 Å². The average molecular weight is 473 g/mol. The highest BCUT2D eigenvalue weighted by molar-refractivity contribution is 5.88. The van der Waals surface area contributed by atoms with Crippen molar-refractivity contribution >= 4 is 11.7 Å². The van der Waals surface area contributed by atoms with E-state index in [0.717, 1.165) is 12.1 Å². The third kappa shape index (κ3) is 4.54. The molecule has 1 aromatic heterocycles. The van der Waals surface area contributed by atoms with Crippen molar-refractivity contribution in [2.75, 3.05) is 27.3 Å². The smallest absolute Gasteiger partial charge is 0.339 e. The predicted octanol–water partition coefficient (Wildman–Crippen LogP) is 1.71. The van der Waals surface area contributed by atoms with E-state index in [2.05, 4.69) is 15.0 Å². The Labute approximate surface area is 195 Å². The van der Waals surface area contributed by atoms with Crippen molar-refractivity contribution in [3.63, 3.8) is 0 Å². The monoisotopic (exact) mass is 473 g/mol. The number of carbonyl (C=O) groups is 1. The van der Waals surface area contributed by atoms with Gasteiger partial charge in [0.1, 0.15) is 17.7 Å². The second-order valence-corrected chi connectivity index (χ2v) is 7.91. The summed E-state index contributed by atoms with van der Waals surface area (Å²) >= 11 is 0. The van der Waals surface area contributed by atoms with Gasteiger partial charge in [-0.1, -0.05) is 0 Å². The number of aromatic nitrogens is 1. The molecule has 0 aliphatic carbocycles. The molecule has 180 valence electrons. The molecule has 2 aliphatic heterocycles. The van der Waals surface area contributed by atoms with Crippen LogP contribution in [0.3, 0.4) is 0 Å². The number of carbonyl (C=O) groups excluding carboxylic acids is 1. The Bertz CT molecular complexity index is 1150. The maximum absolute atomic E-state index is 14.1. The molecule has 0 bridgehead atoms. The fourth-order valence-corrected chi connectivity index (χ4v) is 4.15. The maximum Gasteiger partial charge on any atom is 0.339 e. The normalized spacial score (nSPS) is 20.0. The first-order valence-electron chi connectivity index (χ1n) is 10.5. The van der Waals surface area contributed by atoms with Crippen molar-refractivity contribution in [1.29, 1.82) is 0 Å². The van der Waals surface area contributed by atoms with Gasteiger partial charge >= 0.3 is 5.97 Å². The molecule has 2 atom stereocenters. The van der Waals surface area contributed by atoms with Crippen LogP contribution in [0.2, 0.25) is 0 Å². The Morgan fingerprint density at radius 2 is 2.09 bits per heavy atom. The summed E-state index contributed by atoms with van der Waals surface area (Å²) in [5.41, 5.74) is 13.5. The summed E-state index contributed by atoms with van der Waals surface area (Å²) in [6, 6.07) is 5.08. The predicted molar refractivity (Wildman–Crippen MR) is 119 cm³/mol. The van der Waals surface area contributed by atoms with E-state index in [1.165, 1.54) is 20.4 Å². The van der Waals surface area contributed by atoms with Gasteiger partial charge in [0.15, 0.2) is 11.6 Å². The largest absolute Gasteiger partial charge is 0.493 e. The number of halogens is 2. The van der Waals surface area contributed by atoms with Crippen LogP contribution < -0.4 is 26.3 Å². The molecule has 2 aliphatic rings. The van der Waals surface area contributed by atoms with E-state index in [1.807, 2.05) is 4.90 Å². The van der Waals surface area contributed by atoms with Crippen LogP contribution in [0.4, 0.5) is 8.78 Å². The highest BCUT2D eigenvalue weighted by atomic mass is 19.1. The molecule has 0 saturated carbocycles. The van der Waals surface area contributed by atoms with Gasteiger partial charge in [0.25, 0.3) is 0 Å². The van der Waals surface area contributed by atoms with Crippen LogP contribution in [-0.4, -0.2) is 55.3 Å². The molecule has 1 aromatic carbocycles. The summed E-state index contributed by atoms with van der Waals surface area (Å²) in [4.78, 5) is 17.8. The Balaban J connectivity index is 1.54. The van der Waals surface area contributed by atoms with Gasteiger partial charge in [-0.2, -0.15) is 0 Å². The maximum atomic E-state index is 14.1. The minimum absolute atomic E-state index is 0.0526. The number of ether oxygens (including phenoxy) is 3.